The van der Waals surface area contributed by atoms with Gasteiger partial charge in [0.1, 0.15) is 5.83 Å². The lowest BCUT2D eigenvalue weighted by atomic mass is 9.81. The molecule has 0 aromatic rings. The molecule has 0 aromatic heterocycles. The van der Waals surface area contributed by atoms with E-state index in [2.05, 4.69) is 0 Å². The van der Waals surface area contributed by atoms with Crippen LogP contribution in [-0.2, 0) is 0 Å². The summed E-state index contributed by atoms with van der Waals surface area (Å²) < 4.78 is 14.0. The summed E-state index contributed by atoms with van der Waals surface area (Å²) in [7, 11) is 0. The highest BCUT2D eigenvalue weighted by atomic mass is 35.5. The fourth-order valence-corrected chi connectivity index (χ4v) is 1.70. The molecule has 0 rings (SSSR count). The van der Waals surface area contributed by atoms with Gasteiger partial charge in [0.2, 0.25) is 0 Å². The maximum atomic E-state index is 14.0. The minimum Gasteiger partial charge on any atom is -0.211 e. The summed E-state index contributed by atoms with van der Waals surface area (Å²) in [6.45, 7) is 9.59. The van der Waals surface area contributed by atoms with Gasteiger partial charge in [0.05, 0.1) is 0 Å². The SMILES string of the molecule is CC=CCC(=CCl)C(C)(C)C(F)=CC(C)C. The fourth-order valence-electron chi connectivity index (χ4n) is 1.34. The van der Waals surface area contributed by atoms with Crippen molar-refractivity contribution in [3.63, 3.8) is 0 Å². The third-order valence-electron chi connectivity index (χ3n) is 2.58. The van der Waals surface area contributed by atoms with Crippen molar-refractivity contribution in [3.8, 4) is 0 Å². The van der Waals surface area contributed by atoms with Crippen molar-refractivity contribution in [2.45, 2.75) is 41.0 Å². The van der Waals surface area contributed by atoms with Gasteiger partial charge in [0, 0.05) is 11.0 Å². The number of allylic oxidation sites excluding steroid dienone is 5. The highest BCUT2D eigenvalue weighted by Crippen LogP contribution is 2.38. The molecule has 0 aliphatic carbocycles. The molecule has 0 spiro atoms. The fraction of sp³-hybridized carbons (Fsp3) is 0.571. The molecule has 0 aliphatic heterocycles. The van der Waals surface area contributed by atoms with Crippen LogP contribution in [0.3, 0.4) is 0 Å². The molecule has 0 saturated carbocycles. The summed E-state index contributed by atoms with van der Waals surface area (Å²) in [5, 5.41) is 0. The number of rotatable bonds is 5. The van der Waals surface area contributed by atoms with Gasteiger partial charge in [0.25, 0.3) is 0 Å². The van der Waals surface area contributed by atoms with Crippen molar-refractivity contribution < 1.29 is 4.39 Å². The van der Waals surface area contributed by atoms with Crippen molar-refractivity contribution in [1.29, 1.82) is 0 Å². The standard InChI is InChI=1S/C14H22ClF/c1-6-7-8-12(10-15)14(4,5)13(16)9-11(2)3/h6-7,9-11H,8H2,1-5H3. The first-order chi connectivity index (χ1) is 7.36. The first kappa shape index (κ1) is 15.4. The zero-order chi connectivity index (χ0) is 12.8. The lowest BCUT2D eigenvalue weighted by Crippen LogP contribution is -2.16. The molecule has 0 unspecified atom stereocenters. The Morgan fingerprint density at radius 2 is 1.94 bits per heavy atom. The van der Waals surface area contributed by atoms with Crippen LogP contribution in [0.5, 0.6) is 0 Å². The Morgan fingerprint density at radius 3 is 2.31 bits per heavy atom. The van der Waals surface area contributed by atoms with Gasteiger partial charge in [-0.2, -0.15) is 0 Å². The Labute approximate surface area is 104 Å². The molecular formula is C14H22ClF. The van der Waals surface area contributed by atoms with Crippen LogP contribution in [0.25, 0.3) is 0 Å². The molecule has 0 heterocycles. The highest BCUT2D eigenvalue weighted by Gasteiger charge is 2.27. The first-order valence-electron chi connectivity index (χ1n) is 5.65. The predicted octanol–water partition coefficient (Wildman–Crippen LogP) is 5.61. The molecular weight excluding hydrogens is 223 g/mol. The summed E-state index contributed by atoms with van der Waals surface area (Å²) in [5.74, 6) is 0.0940. The Bertz CT molecular complexity index is 296. The Kier molecular flexibility index (Phi) is 6.66. The Morgan fingerprint density at radius 1 is 1.38 bits per heavy atom. The molecule has 0 saturated heterocycles. The zero-order valence-electron chi connectivity index (χ0n) is 10.8. The molecule has 0 amide bonds. The van der Waals surface area contributed by atoms with Crippen LogP contribution in [0.15, 0.2) is 35.2 Å². The minimum atomic E-state index is -0.620. The van der Waals surface area contributed by atoms with E-state index in [1.807, 2.05) is 46.8 Å². The maximum Gasteiger partial charge on any atom is 0.106 e. The van der Waals surface area contributed by atoms with Crippen LogP contribution in [0.1, 0.15) is 41.0 Å². The summed E-state index contributed by atoms with van der Waals surface area (Å²) in [6, 6.07) is 0. The average Bonchev–Trinajstić information content (AvgIpc) is 2.17. The molecule has 2 heteroatoms. The lowest BCUT2D eigenvalue weighted by Gasteiger charge is -2.26. The van der Waals surface area contributed by atoms with Crippen molar-refractivity contribution >= 4 is 11.6 Å². The molecule has 0 radical (unpaired) electrons. The van der Waals surface area contributed by atoms with Crippen molar-refractivity contribution in [2.75, 3.05) is 0 Å². The minimum absolute atomic E-state index is 0.112. The molecule has 92 valence electrons. The summed E-state index contributed by atoms with van der Waals surface area (Å²) in [6.07, 6.45) is 6.27. The second kappa shape index (κ2) is 6.90. The second-order valence-corrected chi connectivity index (χ2v) is 5.01. The number of hydrogen-bond acceptors (Lipinski definition) is 0. The van der Waals surface area contributed by atoms with E-state index in [1.54, 1.807) is 6.08 Å². The molecule has 0 atom stereocenters. The summed E-state index contributed by atoms with van der Waals surface area (Å²) in [5.41, 5.74) is 1.76. The quantitative estimate of drug-likeness (QED) is 0.552. The molecule has 0 N–H and O–H groups in total. The predicted molar refractivity (Wildman–Crippen MR) is 71.2 cm³/mol. The smallest absolute Gasteiger partial charge is 0.106 e. The van der Waals surface area contributed by atoms with E-state index >= 15 is 0 Å². The molecule has 0 aliphatic rings. The van der Waals surface area contributed by atoms with E-state index in [9.17, 15) is 4.39 Å². The van der Waals surface area contributed by atoms with Crippen LogP contribution in [-0.4, -0.2) is 0 Å². The van der Waals surface area contributed by atoms with Gasteiger partial charge >= 0.3 is 0 Å². The summed E-state index contributed by atoms with van der Waals surface area (Å²) in [4.78, 5) is 0. The van der Waals surface area contributed by atoms with Crippen LogP contribution in [0.2, 0.25) is 0 Å². The van der Waals surface area contributed by atoms with E-state index in [-0.39, 0.29) is 11.7 Å². The van der Waals surface area contributed by atoms with E-state index in [4.69, 9.17) is 11.6 Å². The van der Waals surface area contributed by atoms with Crippen molar-refractivity contribution in [3.05, 3.63) is 35.2 Å². The first-order valence-corrected chi connectivity index (χ1v) is 6.08. The maximum absolute atomic E-state index is 14.0. The zero-order valence-corrected chi connectivity index (χ0v) is 11.6. The van der Waals surface area contributed by atoms with E-state index in [0.29, 0.717) is 6.42 Å². The molecule has 16 heavy (non-hydrogen) atoms. The highest BCUT2D eigenvalue weighted by molar-refractivity contribution is 6.25. The van der Waals surface area contributed by atoms with E-state index < -0.39 is 5.41 Å². The molecule has 0 fully saturated rings. The normalized spacial score (nSPS) is 15.2. The third-order valence-corrected chi connectivity index (χ3v) is 2.85. The molecule has 0 bridgehead atoms. The van der Waals surface area contributed by atoms with Gasteiger partial charge < -0.3 is 0 Å². The van der Waals surface area contributed by atoms with Gasteiger partial charge in [-0.3, -0.25) is 0 Å². The number of halogens is 2. The number of hydrogen-bond donors (Lipinski definition) is 0. The largest absolute Gasteiger partial charge is 0.211 e. The molecule has 0 nitrogen and oxygen atoms in total. The molecule has 0 aromatic carbocycles. The summed E-state index contributed by atoms with van der Waals surface area (Å²) >= 11 is 5.78. The van der Waals surface area contributed by atoms with E-state index in [1.165, 1.54) is 5.54 Å². The van der Waals surface area contributed by atoms with Gasteiger partial charge in [-0.25, -0.2) is 4.39 Å². The Balaban J connectivity index is 5.00. The topological polar surface area (TPSA) is 0 Å². The van der Waals surface area contributed by atoms with Crippen molar-refractivity contribution in [2.24, 2.45) is 11.3 Å². The van der Waals surface area contributed by atoms with Gasteiger partial charge in [-0.15, -0.1) is 0 Å². The van der Waals surface area contributed by atoms with Crippen molar-refractivity contribution in [1.82, 2.24) is 0 Å². The van der Waals surface area contributed by atoms with Gasteiger partial charge in [0.15, 0.2) is 0 Å². The van der Waals surface area contributed by atoms with Gasteiger partial charge in [-0.05, 0) is 44.8 Å². The average molecular weight is 245 g/mol. The van der Waals surface area contributed by atoms with E-state index in [0.717, 1.165) is 5.57 Å². The third kappa shape index (κ3) is 4.52. The van der Waals surface area contributed by atoms with Crippen LogP contribution in [0.4, 0.5) is 4.39 Å². The Hall–Kier alpha value is -0.560. The van der Waals surface area contributed by atoms with Gasteiger partial charge in [-0.1, -0.05) is 37.6 Å². The monoisotopic (exact) mass is 244 g/mol. The van der Waals surface area contributed by atoms with Crippen LogP contribution in [0, 0.1) is 11.3 Å². The second-order valence-electron chi connectivity index (χ2n) is 4.79. The van der Waals surface area contributed by atoms with Crippen LogP contribution >= 0.6 is 11.6 Å². The lowest BCUT2D eigenvalue weighted by molar-refractivity contribution is 0.395. The van der Waals surface area contributed by atoms with Crippen LogP contribution < -0.4 is 0 Å².